The number of carbonyl (C=O) groups is 2. The molecule has 0 atom stereocenters. The van der Waals surface area contributed by atoms with E-state index in [4.69, 9.17) is 17.0 Å². The summed E-state index contributed by atoms with van der Waals surface area (Å²) in [6.07, 6.45) is 5.64. The second kappa shape index (κ2) is 10.5. The van der Waals surface area contributed by atoms with Crippen LogP contribution in [0, 0.1) is 6.92 Å². The van der Waals surface area contributed by atoms with Crippen LogP contribution >= 0.6 is 24.0 Å². The van der Waals surface area contributed by atoms with Gasteiger partial charge in [0.05, 0.1) is 11.5 Å². The van der Waals surface area contributed by atoms with Crippen LogP contribution < -0.4 is 0 Å². The van der Waals surface area contributed by atoms with Crippen LogP contribution in [0.2, 0.25) is 0 Å². The van der Waals surface area contributed by atoms with E-state index in [1.165, 1.54) is 17.3 Å². The van der Waals surface area contributed by atoms with Gasteiger partial charge in [-0.15, -0.1) is 0 Å². The summed E-state index contributed by atoms with van der Waals surface area (Å²) in [4.78, 5) is 26.3. The number of nitrogens with zero attached hydrogens (tertiary/aromatic N) is 1. The number of thioether (sulfide) groups is 1. The van der Waals surface area contributed by atoms with Crippen molar-refractivity contribution in [1.82, 2.24) is 4.90 Å². The molecule has 26 heavy (non-hydrogen) atoms. The van der Waals surface area contributed by atoms with Gasteiger partial charge in [-0.1, -0.05) is 67.2 Å². The van der Waals surface area contributed by atoms with Gasteiger partial charge < -0.3 is 4.74 Å². The second-order valence-electron chi connectivity index (χ2n) is 6.28. The average Bonchev–Trinajstić information content (AvgIpc) is 2.88. The van der Waals surface area contributed by atoms with Gasteiger partial charge in [0, 0.05) is 13.0 Å². The quantitative estimate of drug-likeness (QED) is 0.264. The van der Waals surface area contributed by atoms with E-state index in [1.807, 2.05) is 44.2 Å². The lowest BCUT2D eigenvalue weighted by Crippen LogP contribution is -2.29. The minimum absolute atomic E-state index is 0.0251. The molecule has 1 saturated heterocycles. The number of hydrogen-bond acceptors (Lipinski definition) is 5. The van der Waals surface area contributed by atoms with Crippen molar-refractivity contribution in [3.63, 3.8) is 0 Å². The molecule has 2 rings (SSSR count). The summed E-state index contributed by atoms with van der Waals surface area (Å²) < 4.78 is 5.66. The van der Waals surface area contributed by atoms with E-state index < -0.39 is 0 Å². The summed E-state index contributed by atoms with van der Waals surface area (Å²) in [5, 5.41) is 0. The maximum Gasteiger partial charge on any atom is 0.305 e. The molecule has 0 saturated carbocycles. The van der Waals surface area contributed by atoms with Gasteiger partial charge >= 0.3 is 5.97 Å². The molecule has 0 spiro atoms. The smallest absolute Gasteiger partial charge is 0.305 e. The van der Waals surface area contributed by atoms with Gasteiger partial charge in [0.1, 0.15) is 4.32 Å². The molecule has 1 aliphatic heterocycles. The van der Waals surface area contributed by atoms with Gasteiger partial charge in [0.2, 0.25) is 0 Å². The van der Waals surface area contributed by atoms with Crippen molar-refractivity contribution in [3.05, 3.63) is 40.3 Å². The molecular weight excluding hydrogens is 366 g/mol. The van der Waals surface area contributed by atoms with Crippen molar-refractivity contribution in [2.24, 2.45) is 0 Å². The summed E-state index contributed by atoms with van der Waals surface area (Å²) in [5.74, 6) is -0.165. The molecule has 0 unspecified atom stereocenters. The average molecular weight is 392 g/mol. The molecule has 1 aliphatic rings. The molecule has 0 bridgehead atoms. The standard InChI is InChI=1S/C20H25NO3S2/c1-3-13-24-18(22)7-5-4-6-12-21-19(23)17(26-20(21)25)14-16-10-8-15(2)9-11-16/h8-11,14H,3-7,12-13H2,1-2H3/b17-14-. The predicted octanol–water partition coefficient (Wildman–Crippen LogP) is 4.71. The summed E-state index contributed by atoms with van der Waals surface area (Å²) >= 11 is 6.71. The third kappa shape index (κ3) is 6.25. The Bertz CT molecular complexity index is 683. The lowest BCUT2D eigenvalue weighted by molar-refractivity contribution is -0.143. The molecule has 6 heteroatoms. The zero-order valence-electron chi connectivity index (χ0n) is 15.3. The van der Waals surface area contributed by atoms with Crippen LogP contribution in [0.15, 0.2) is 29.2 Å². The number of carbonyl (C=O) groups excluding carboxylic acids is 2. The molecule has 0 aromatic heterocycles. The predicted molar refractivity (Wildman–Crippen MR) is 111 cm³/mol. The molecule has 0 aliphatic carbocycles. The zero-order chi connectivity index (χ0) is 18.9. The summed E-state index contributed by atoms with van der Waals surface area (Å²) in [6.45, 7) is 5.10. The summed E-state index contributed by atoms with van der Waals surface area (Å²) in [6, 6.07) is 8.05. The topological polar surface area (TPSA) is 46.6 Å². The highest BCUT2D eigenvalue weighted by atomic mass is 32.2. The van der Waals surface area contributed by atoms with E-state index in [-0.39, 0.29) is 11.9 Å². The van der Waals surface area contributed by atoms with Crippen molar-refractivity contribution in [2.45, 2.75) is 46.0 Å². The molecule has 0 radical (unpaired) electrons. The number of esters is 1. The van der Waals surface area contributed by atoms with Gasteiger partial charge in [-0.2, -0.15) is 0 Å². The molecule has 4 nitrogen and oxygen atoms in total. The summed E-state index contributed by atoms with van der Waals surface area (Å²) in [5.41, 5.74) is 2.19. The van der Waals surface area contributed by atoms with E-state index in [2.05, 4.69) is 0 Å². The lowest BCUT2D eigenvalue weighted by atomic mass is 10.1. The Morgan fingerprint density at radius 3 is 2.65 bits per heavy atom. The highest BCUT2D eigenvalue weighted by molar-refractivity contribution is 8.26. The Kier molecular flexibility index (Phi) is 8.32. The van der Waals surface area contributed by atoms with Crippen LogP contribution in [0.4, 0.5) is 0 Å². The fourth-order valence-corrected chi connectivity index (χ4v) is 3.82. The van der Waals surface area contributed by atoms with E-state index >= 15 is 0 Å². The van der Waals surface area contributed by atoms with Crippen LogP contribution in [0.1, 0.15) is 50.2 Å². The first-order chi connectivity index (χ1) is 12.5. The first-order valence-electron chi connectivity index (χ1n) is 8.99. The van der Waals surface area contributed by atoms with Crippen molar-refractivity contribution >= 4 is 46.3 Å². The molecular formula is C20H25NO3S2. The van der Waals surface area contributed by atoms with Crippen LogP contribution in [-0.2, 0) is 14.3 Å². The van der Waals surface area contributed by atoms with E-state index in [0.717, 1.165) is 31.2 Å². The Labute approximate surface area is 165 Å². The number of benzene rings is 1. The first kappa shape index (κ1) is 20.6. The molecule has 1 amide bonds. The SMILES string of the molecule is CCCOC(=O)CCCCCN1C(=O)/C(=C/c2ccc(C)cc2)SC1=S. The summed E-state index contributed by atoms with van der Waals surface area (Å²) in [7, 11) is 0. The molecule has 0 N–H and O–H groups in total. The number of ether oxygens (including phenoxy) is 1. The monoisotopic (exact) mass is 391 g/mol. The molecule has 1 fully saturated rings. The highest BCUT2D eigenvalue weighted by Crippen LogP contribution is 2.32. The van der Waals surface area contributed by atoms with E-state index in [1.54, 1.807) is 4.90 Å². The van der Waals surface area contributed by atoms with Crippen molar-refractivity contribution < 1.29 is 14.3 Å². The van der Waals surface area contributed by atoms with Crippen molar-refractivity contribution in [3.8, 4) is 0 Å². The van der Waals surface area contributed by atoms with E-state index in [0.29, 0.717) is 28.8 Å². The van der Waals surface area contributed by atoms with Gasteiger partial charge in [0.15, 0.2) is 0 Å². The third-order valence-corrected chi connectivity index (χ3v) is 5.36. The van der Waals surface area contributed by atoms with Crippen molar-refractivity contribution in [1.29, 1.82) is 0 Å². The van der Waals surface area contributed by atoms with Gasteiger partial charge in [-0.05, 0) is 37.8 Å². The first-order valence-corrected chi connectivity index (χ1v) is 10.2. The molecule has 1 heterocycles. The molecule has 140 valence electrons. The van der Waals surface area contributed by atoms with Crippen LogP contribution in [0.5, 0.6) is 0 Å². The number of unbranched alkanes of at least 4 members (excludes halogenated alkanes) is 2. The number of amides is 1. The van der Waals surface area contributed by atoms with Crippen molar-refractivity contribution in [2.75, 3.05) is 13.2 Å². The maximum absolute atomic E-state index is 12.6. The largest absolute Gasteiger partial charge is 0.466 e. The van der Waals surface area contributed by atoms with Gasteiger partial charge in [-0.3, -0.25) is 14.5 Å². The minimum Gasteiger partial charge on any atom is -0.466 e. The molecule has 1 aromatic carbocycles. The number of rotatable bonds is 9. The Morgan fingerprint density at radius 2 is 1.96 bits per heavy atom. The van der Waals surface area contributed by atoms with Crippen LogP contribution in [0.25, 0.3) is 6.08 Å². The third-order valence-electron chi connectivity index (χ3n) is 3.98. The Hall–Kier alpha value is -1.66. The number of aryl methyl sites for hydroxylation is 1. The Balaban J connectivity index is 1.78. The van der Waals surface area contributed by atoms with Gasteiger partial charge in [0.25, 0.3) is 5.91 Å². The number of thiocarbonyl (C=S) groups is 1. The normalized spacial score (nSPS) is 15.8. The highest BCUT2D eigenvalue weighted by Gasteiger charge is 2.31. The molecule has 1 aromatic rings. The minimum atomic E-state index is -0.140. The zero-order valence-corrected chi connectivity index (χ0v) is 17.0. The van der Waals surface area contributed by atoms with Crippen LogP contribution in [0.3, 0.4) is 0 Å². The van der Waals surface area contributed by atoms with Gasteiger partial charge in [-0.25, -0.2) is 0 Å². The van der Waals surface area contributed by atoms with E-state index in [9.17, 15) is 9.59 Å². The lowest BCUT2D eigenvalue weighted by Gasteiger charge is -2.14. The number of hydrogen-bond donors (Lipinski definition) is 0. The Morgan fingerprint density at radius 1 is 1.23 bits per heavy atom. The maximum atomic E-state index is 12.6. The van der Waals surface area contributed by atoms with Crippen LogP contribution in [-0.4, -0.2) is 34.2 Å². The second-order valence-corrected chi connectivity index (χ2v) is 7.95. The fourth-order valence-electron chi connectivity index (χ4n) is 2.51. The fraction of sp³-hybridized carbons (Fsp3) is 0.450.